The molecule has 5 nitrogen and oxygen atoms in total. The predicted octanol–water partition coefficient (Wildman–Crippen LogP) is 4.95. The van der Waals surface area contributed by atoms with Crippen molar-refractivity contribution in [3.8, 4) is 6.07 Å². The highest BCUT2D eigenvalue weighted by Crippen LogP contribution is 2.46. The molecule has 2 atom stereocenters. The number of halogens is 3. The van der Waals surface area contributed by atoms with E-state index in [1.165, 1.54) is 17.4 Å². The fourth-order valence-corrected chi connectivity index (χ4v) is 5.89. The zero-order valence-corrected chi connectivity index (χ0v) is 19.4. The maximum atomic E-state index is 13.5. The van der Waals surface area contributed by atoms with E-state index in [4.69, 9.17) is 10.00 Å². The number of rotatable bonds is 5. The van der Waals surface area contributed by atoms with E-state index in [2.05, 4.69) is 0 Å². The summed E-state index contributed by atoms with van der Waals surface area (Å²) in [5.41, 5.74) is -0.125. The lowest BCUT2D eigenvalue weighted by molar-refractivity contribution is -0.137. The van der Waals surface area contributed by atoms with E-state index in [0.717, 1.165) is 22.9 Å². The SMILES string of the molecule is CCOC[C@@]12CCN(C(=O)c3sccc3C)C[C@@H]1CN(c1ccc(C#N)c(C(F)(F)F)c1)C2. The molecule has 0 bridgehead atoms. The Balaban J connectivity index is 1.60. The quantitative estimate of drug-likeness (QED) is 0.611. The van der Waals surface area contributed by atoms with Gasteiger partial charge in [-0.1, -0.05) is 0 Å². The molecule has 9 heteroatoms. The Bertz CT molecular complexity index is 1080. The first-order valence-electron chi connectivity index (χ1n) is 11.0. The topological polar surface area (TPSA) is 56.6 Å². The standard InChI is InChI=1S/C24H26F3N3O2S/c1-3-32-15-23-7-8-29(22(31)21-16(2)6-9-33-21)12-18(23)13-30(14-23)19-5-4-17(11-28)20(10-19)24(25,26)27/h4-6,9-10,18H,3,7-8,12-15H2,1-2H3/t18-,23+/m1/s1. The number of ether oxygens (including phenoxy) is 1. The molecule has 0 unspecified atom stereocenters. The lowest BCUT2D eigenvalue weighted by Crippen LogP contribution is -2.51. The molecule has 33 heavy (non-hydrogen) atoms. The zero-order valence-electron chi connectivity index (χ0n) is 18.6. The molecule has 1 amide bonds. The van der Waals surface area contributed by atoms with Crippen LogP contribution >= 0.6 is 11.3 Å². The van der Waals surface area contributed by atoms with E-state index in [0.29, 0.717) is 45.1 Å². The lowest BCUT2D eigenvalue weighted by Gasteiger charge is -2.43. The molecule has 2 aliphatic heterocycles. The summed E-state index contributed by atoms with van der Waals surface area (Å²) in [6.07, 6.45) is -3.87. The number of thiophene rings is 1. The van der Waals surface area contributed by atoms with E-state index < -0.39 is 11.7 Å². The largest absolute Gasteiger partial charge is 0.417 e. The summed E-state index contributed by atoms with van der Waals surface area (Å²) in [5.74, 6) is 0.0932. The Hall–Kier alpha value is -2.57. The van der Waals surface area contributed by atoms with Gasteiger partial charge < -0.3 is 14.5 Å². The van der Waals surface area contributed by atoms with Crippen LogP contribution in [0.15, 0.2) is 29.6 Å². The van der Waals surface area contributed by atoms with Gasteiger partial charge in [-0.2, -0.15) is 18.4 Å². The number of hydrogen-bond acceptors (Lipinski definition) is 5. The first-order valence-corrected chi connectivity index (χ1v) is 11.8. The summed E-state index contributed by atoms with van der Waals surface area (Å²) >= 11 is 1.44. The summed E-state index contributed by atoms with van der Waals surface area (Å²) < 4.78 is 46.4. The third kappa shape index (κ3) is 4.46. The zero-order chi connectivity index (χ0) is 23.8. The Labute approximate surface area is 195 Å². The molecule has 2 aliphatic rings. The first kappa shape index (κ1) is 23.6. The van der Waals surface area contributed by atoms with Gasteiger partial charge in [0.25, 0.3) is 5.91 Å². The molecule has 2 saturated heterocycles. The highest BCUT2D eigenvalue weighted by atomic mass is 32.1. The van der Waals surface area contributed by atoms with Crippen molar-refractivity contribution in [1.82, 2.24) is 4.90 Å². The number of piperidine rings is 1. The molecule has 0 aliphatic carbocycles. The van der Waals surface area contributed by atoms with Crippen molar-refractivity contribution >= 4 is 22.9 Å². The minimum atomic E-state index is -4.60. The van der Waals surface area contributed by atoms with Crippen molar-refractivity contribution < 1.29 is 22.7 Å². The van der Waals surface area contributed by atoms with Crippen LogP contribution in [0, 0.1) is 29.6 Å². The van der Waals surface area contributed by atoms with E-state index in [-0.39, 0.29) is 22.8 Å². The van der Waals surface area contributed by atoms with Crippen LogP contribution in [0.4, 0.5) is 18.9 Å². The third-order valence-electron chi connectivity index (χ3n) is 6.86. The van der Waals surface area contributed by atoms with Crippen molar-refractivity contribution in [3.63, 3.8) is 0 Å². The van der Waals surface area contributed by atoms with Crippen LogP contribution < -0.4 is 4.90 Å². The second-order valence-electron chi connectivity index (χ2n) is 8.85. The number of nitrogens with zero attached hydrogens (tertiary/aromatic N) is 3. The van der Waals surface area contributed by atoms with Crippen molar-refractivity contribution in [3.05, 3.63) is 51.2 Å². The number of alkyl halides is 3. The Morgan fingerprint density at radius 3 is 2.76 bits per heavy atom. The monoisotopic (exact) mass is 477 g/mol. The minimum Gasteiger partial charge on any atom is -0.381 e. The van der Waals surface area contributed by atoms with Gasteiger partial charge in [-0.3, -0.25) is 4.79 Å². The van der Waals surface area contributed by atoms with E-state index in [9.17, 15) is 18.0 Å². The van der Waals surface area contributed by atoms with E-state index in [1.54, 1.807) is 12.1 Å². The van der Waals surface area contributed by atoms with Gasteiger partial charge in [0.1, 0.15) is 0 Å². The number of aryl methyl sites for hydroxylation is 1. The molecule has 1 aromatic heterocycles. The van der Waals surface area contributed by atoms with Crippen molar-refractivity contribution in [2.75, 3.05) is 44.3 Å². The van der Waals surface area contributed by atoms with Gasteiger partial charge in [0.15, 0.2) is 0 Å². The van der Waals surface area contributed by atoms with Crippen LogP contribution in [0.2, 0.25) is 0 Å². The normalized spacial score (nSPS) is 22.8. The fourth-order valence-electron chi connectivity index (χ4n) is 5.00. The second-order valence-corrected chi connectivity index (χ2v) is 9.77. The molecule has 1 aromatic carbocycles. The Kier molecular flexibility index (Phi) is 6.43. The third-order valence-corrected chi connectivity index (χ3v) is 7.87. The summed E-state index contributed by atoms with van der Waals surface area (Å²) in [4.78, 5) is 17.7. The molecule has 0 radical (unpaired) electrons. The van der Waals surface area contributed by atoms with E-state index in [1.807, 2.05) is 35.1 Å². The van der Waals surface area contributed by atoms with Crippen molar-refractivity contribution in [2.24, 2.45) is 11.3 Å². The molecule has 4 rings (SSSR count). The van der Waals surface area contributed by atoms with Crippen molar-refractivity contribution in [2.45, 2.75) is 26.4 Å². The number of hydrogen-bond donors (Lipinski definition) is 0. The lowest BCUT2D eigenvalue weighted by atomic mass is 9.73. The highest BCUT2D eigenvalue weighted by Gasteiger charge is 2.50. The van der Waals surface area contributed by atoms with Crippen LogP contribution in [0.3, 0.4) is 0 Å². The van der Waals surface area contributed by atoms with Gasteiger partial charge >= 0.3 is 6.18 Å². The molecule has 0 N–H and O–H groups in total. The average molecular weight is 478 g/mol. The molecule has 3 heterocycles. The van der Waals surface area contributed by atoms with Crippen LogP contribution in [-0.4, -0.2) is 50.2 Å². The van der Waals surface area contributed by atoms with Gasteiger partial charge in [0.2, 0.25) is 0 Å². The maximum absolute atomic E-state index is 13.5. The number of anilines is 1. The second kappa shape index (κ2) is 8.99. The number of carbonyl (C=O) groups is 1. The number of amides is 1. The van der Waals surface area contributed by atoms with Crippen LogP contribution in [-0.2, 0) is 10.9 Å². The summed E-state index contributed by atoms with van der Waals surface area (Å²) in [6.45, 7) is 7.13. The first-order chi connectivity index (χ1) is 15.7. The molecule has 2 aromatic rings. The van der Waals surface area contributed by atoms with E-state index >= 15 is 0 Å². The number of carbonyl (C=O) groups excluding carboxylic acids is 1. The van der Waals surface area contributed by atoms with Gasteiger partial charge in [-0.25, -0.2) is 0 Å². The summed E-state index contributed by atoms with van der Waals surface area (Å²) in [5, 5.41) is 11.0. The number of benzene rings is 1. The minimum absolute atomic E-state index is 0.0173. The molecule has 0 saturated carbocycles. The van der Waals surface area contributed by atoms with Crippen LogP contribution in [0.5, 0.6) is 0 Å². The molecular weight excluding hydrogens is 451 g/mol. The summed E-state index contributed by atoms with van der Waals surface area (Å²) in [6, 6.07) is 7.47. The molecule has 2 fully saturated rings. The molecule has 176 valence electrons. The molecule has 0 spiro atoms. The number of fused-ring (bicyclic) bond motifs is 1. The Morgan fingerprint density at radius 1 is 1.33 bits per heavy atom. The van der Waals surface area contributed by atoms with Gasteiger partial charge in [0, 0.05) is 49.8 Å². The highest BCUT2D eigenvalue weighted by molar-refractivity contribution is 7.12. The number of likely N-dealkylation sites (tertiary alicyclic amines) is 1. The van der Waals surface area contributed by atoms with Gasteiger partial charge in [-0.15, -0.1) is 11.3 Å². The molecular formula is C24H26F3N3O2S. The number of nitriles is 1. The fraction of sp³-hybridized carbons (Fsp3) is 0.500. The average Bonchev–Trinajstić information content (AvgIpc) is 3.39. The van der Waals surface area contributed by atoms with Crippen molar-refractivity contribution in [1.29, 1.82) is 5.26 Å². The van der Waals surface area contributed by atoms with Crippen LogP contribution in [0.1, 0.15) is 39.7 Å². The van der Waals surface area contributed by atoms with Crippen LogP contribution in [0.25, 0.3) is 0 Å². The smallest absolute Gasteiger partial charge is 0.381 e. The maximum Gasteiger partial charge on any atom is 0.417 e. The van der Waals surface area contributed by atoms with Gasteiger partial charge in [0.05, 0.1) is 28.7 Å². The van der Waals surface area contributed by atoms with Gasteiger partial charge in [-0.05, 0) is 55.5 Å². The summed E-state index contributed by atoms with van der Waals surface area (Å²) in [7, 11) is 0. The predicted molar refractivity (Wildman–Crippen MR) is 120 cm³/mol. The Morgan fingerprint density at radius 2 is 2.12 bits per heavy atom.